The van der Waals surface area contributed by atoms with Gasteiger partial charge in [-0.25, -0.2) is 0 Å². The average Bonchev–Trinajstić information content (AvgIpc) is 3.68. The van der Waals surface area contributed by atoms with Crippen LogP contribution in [0.25, 0.3) is 22.0 Å². The van der Waals surface area contributed by atoms with E-state index < -0.39 is 5.95 Å². The van der Waals surface area contributed by atoms with Gasteiger partial charge in [0.2, 0.25) is 11.9 Å². The molecule has 0 saturated heterocycles. The van der Waals surface area contributed by atoms with Crippen LogP contribution in [0.4, 0.5) is 10.1 Å². The van der Waals surface area contributed by atoms with Crippen molar-refractivity contribution in [1.82, 2.24) is 19.6 Å². The Morgan fingerprint density at radius 1 is 0.976 bits per heavy atom. The fourth-order valence-corrected chi connectivity index (χ4v) is 7.18. The van der Waals surface area contributed by atoms with E-state index in [4.69, 9.17) is 0 Å². The van der Waals surface area contributed by atoms with Crippen molar-refractivity contribution in [2.24, 2.45) is 18.9 Å². The maximum Gasteiger partial charge on any atom is 0.240 e. The van der Waals surface area contributed by atoms with Gasteiger partial charge in [0.15, 0.2) is 0 Å². The van der Waals surface area contributed by atoms with Gasteiger partial charge in [-0.3, -0.25) is 14.2 Å². The molecule has 3 aliphatic rings. The van der Waals surface area contributed by atoms with E-state index in [0.717, 1.165) is 60.9 Å². The molecular weight excluding hydrogens is 529 g/mol. The highest BCUT2D eigenvalue weighted by atomic mass is 19.1. The van der Waals surface area contributed by atoms with Crippen molar-refractivity contribution in [3.8, 4) is 11.1 Å². The van der Waals surface area contributed by atoms with E-state index in [-0.39, 0.29) is 17.9 Å². The molecule has 2 aromatic carbocycles. The molecule has 1 N–H and O–H groups in total. The third kappa shape index (κ3) is 5.49. The average molecular weight is 570 g/mol. The Balaban J connectivity index is 1.09. The molecule has 0 bridgehead atoms. The Morgan fingerprint density at radius 3 is 2.52 bits per heavy atom. The van der Waals surface area contributed by atoms with Crippen LogP contribution in [0.5, 0.6) is 0 Å². The SMILES string of the molecule is Cn1nc(F)c2cc(C3CCC(CN(C(=O)C4CCC(O)CC4)c4cccc(-c5cnn(C6CC6)c5)c4)CC3)ccc21. The van der Waals surface area contributed by atoms with Gasteiger partial charge < -0.3 is 10.0 Å². The van der Waals surface area contributed by atoms with E-state index in [0.29, 0.717) is 42.7 Å². The number of aliphatic hydroxyl groups is 1. The molecule has 42 heavy (non-hydrogen) atoms. The van der Waals surface area contributed by atoms with Crippen molar-refractivity contribution in [3.63, 3.8) is 0 Å². The number of hydrogen-bond acceptors (Lipinski definition) is 4. The number of aromatic nitrogens is 4. The van der Waals surface area contributed by atoms with Crippen LogP contribution in [0.2, 0.25) is 0 Å². The van der Waals surface area contributed by atoms with Crippen LogP contribution in [0.1, 0.15) is 81.7 Å². The number of aliphatic hydroxyl groups excluding tert-OH is 1. The minimum atomic E-state index is -0.408. The van der Waals surface area contributed by atoms with Gasteiger partial charge in [-0.2, -0.15) is 9.49 Å². The third-order valence-electron chi connectivity index (χ3n) is 9.91. The molecule has 220 valence electrons. The lowest BCUT2D eigenvalue weighted by atomic mass is 9.78. The van der Waals surface area contributed by atoms with Crippen molar-refractivity contribution in [1.29, 1.82) is 0 Å². The molecule has 3 saturated carbocycles. The number of rotatable bonds is 7. The molecule has 7 nitrogen and oxygen atoms in total. The zero-order chi connectivity index (χ0) is 28.8. The monoisotopic (exact) mass is 569 g/mol. The maximum absolute atomic E-state index is 14.4. The topological polar surface area (TPSA) is 76.2 Å². The van der Waals surface area contributed by atoms with E-state index >= 15 is 0 Å². The first kappa shape index (κ1) is 27.3. The zero-order valence-corrected chi connectivity index (χ0v) is 24.3. The second-order valence-electron chi connectivity index (χ2n) is 12.9. The summed E-state index contributed by atoms with van der Waals surface area (Å²) in [5.41, 5.74) is 5.11. The lowest BCUT2D eigenvalue weighted by molar-refractivity contribution is -0.124. The number of nitrogens with zero attached hydrogens (tertiary/aromatic N) is 5. The Hall–Kier alpha value is -3.52. The van der Waals surface area contributed by atoms with Gasteiger partial charge in [-0.15, -0.1) is 5.10 Å². The van der Waals surface area contributed by atoms with Crippen LogP contribution < -0.4 is 4.90 Å². The summed E-state index contributed by atoms with van der Waals surface area (Å²) < 4.78 is 18.0. The molecule has 1 amide bonds. The fourth-order valence-electron chi connectivity index (χ4n) is 7.18. The number of amides is 1. The standard InChI is InChI=1S/C34H40FN5O2/c1-38-32-16-11-26(18-31(32)33(35)37-38)23-7-5-22(6-8-23)20-39(34(42)24-9-14-30(41)15-10-24)29-4-2-3-25(17-29)27-19-36-40(21-27)28-12-13-28/h2-4,11,16-19,21-24,28,30,41H,5-10,12-15,20H2,1H3. The summed E-state index contributed by atoms with van der Waals surface area (Å²) in [5, 5.41) is 19.2. The van der Waals surface area contributed by atoms with Crippen LogP contribution in [0, 0.1) is 17.8 Å². The summed E-state index contributed by atoms with van der Waals surface area (Å²) in [5.74, 6) is 0.522. The largest absolute Gasteiger partial charge is 0.393 e. The summed E-state index contributed by atoms with van der Waals surface area (Å²) in [6.45, 7) is 0.700. The fraction of sp³-hybridized carbons (Fsp3) is 0.500. The van der Waals surface area contributed by atoms with Gasteiger partial charge in [-0.1, -0.05) is 18.2 Å². The third-order valence-corrected chi connectivity index (χ3v) is 9.91. The zero-order valence-electron chi connectivity index (χ0n) is 24.3. The molecule has 0 atom stereocenters. The highest BCUT2D eigenvalue weighted by molar-refractivity contribution is 5.95. The number of halogens is 1. The number of benzene rings is 2. The highest BCUT2D eigenvalue weighted by Gasteiger charge is 2.33. The van der Waals surface area contributed by atoms with Crippen molar-refractivity contribution in [2.45, 2.75) is 82.3 Å². The summed E-state index contributed by atoms with van der Waals surface area (Å²) in [4.78, 5) is 16.1. The van der Waals surface area contributed by atoms with Crippen molar-refractivity contribution >= 4 is 22.5 Å². The van der Waals surface area contributed by atoms with Crippen molar-refractivity contribution < 1.29 is 14.3 Å². The first-order valence-corrected chi connectivity index (χ1v) is 15.7. The summed E-state index contributed by atoms with van der Waals surface area (Å²) >= 11 is 0. The summed E-state index contributed by atoms with van der Waals surface area (Å²) in [6, 6.07) is 15.0. The molecule has 0 spiro atoms. The highest BCUT2D eigenvalue weighted by Crippen LogP contribution is 2.39. The lowest BCUT2D eigenvalue weighted by Gasteiger charge is -2.36. The number of carbonyl (C=O) groups excluding carboxylic acids is 1. The molecule has 0 radical (unpaired) electrons. The molecule has 2 heterocycles. The molecule has 3 fully saturated rings. The molecule has 7 rings (SSSR count). The minimum Gasteiger partial charge on any atom is -0.393 e. The Morgan fingerprint density at radius 2 is 1.76 bits per heavy atom. The van der Waals surface area contributed by atoms with Gasteiger partial charge in [0.1, 0.15) is 0 Å². The van der Waals surface area contributed by atoms with Gasteiger partial charge in [0.05, 0.1) is 29.2 Å². The minimum absolute atomic E-state index is 0.0490. The Labute approximate surface area is 246 Å². The first-order valence-electron chi connectivity index (χ1n) is 15.7. The molecule has 2 aromatic heterocycles. The van der Waals surface area contributed by atoms with Gasteiger partial charge in [-0.05, 0) is 111 Å². The number of aryl methyl sites for hydroxylation is 1. The van der Waals surface area contributed by atoms with Crippen LogP contribution in [-0.2, 0) is 11.8 Å². The van der Waals surface area contributed by atoms with Crippen molar-refractivity contribution in [3.05, 3.63) is 66.4 Å². The van der Waals surface area contributed by atoms with E-state index in [2.05, 4.69) is 51.4 Å². The molecule has 8 heteroatoms. The Kier molecular flexibility index (Phi) is 7.34. The Bertz CT molecular complexity index is 1570. The summed E-state index contributed by atoms with van der Waals surface area (Å²) in [6.07, 6.45) is 13.1. The second kappa shape index (κ2) is 11.3. The molecular formula is C34H40FN5O2. The molecule has 3 aliphatic carbocycles. The van der Waals surface area contributed by atoms with Crippen LogP contribution >= 0.6 is 0 Å². The maximum atomic E-state index is 14.4. The van der Waals surface area contributed by atoms with E-state index in [1.165, 1.54) is 18.4 Å². The number of hydrogen-bond donors (Lipinski definition) is 1. The smallest absolute Gasteiger partial charge is 0.240 e. The van der Waals surface area contributed by atoms with Gasteiger partial charge in [0, 0.05) is 37.0 Å². The summed E-state index contributed by atoms with van der Waals surface area (Å²) in [7, 11) is 1.77. The predicted molar refractivity (Wildman–Crippen MR) is 162 cm³/mol. The van der Waals surface area contributed by atoms with Crippen LogP contribution in [0.15, 0.2) is 54.9 Å². The van der Waals surface area contributed by atoms with Gasteiger partial charge >= 0.3 is 0 Å². The number of anilines is 1. The predicted octanol–water partition coefficient (Wildman–Crippen LogP) is 6.77. The van der Waals surface area contributed by atoms with E-state index in [9.17, 15) is 14.3 Å². The number of fused-ring (bicyclic) bond motifs is 1. The van der Waals surface area contributed by atoms with Crippen LogP contribution in [0.3, 0.4) is 0 Å². The molecule has 4 aromatic rings. The van der Waals surface area contributed by atoms with E-state index in [1.807, 2.05) is 23.2 Å². The molecule has 0 unspecified atom stereocenters. The molecule has 0 aliphatic heterocycles. The first-order chi connectivity index (χ1) is 20.4. The quantitative estimate of drug-likeness (QED) is 0.267. The van der Waals surface area contributed by atoms with Crippen LogP contribution in [-0.4, -0.2) is 43.2 Å². The lowest BCUT2D eigenvalue weighted by Crippen LogP contribution is -2.41. The normalized spacial score (nSPS) is 24.6. The second-order valence-corrected chi connectivity index (χ2v) is 12.9. The van der Waals surface area contributed by atoms with Gasteiger partial charge in [0.25, 0.3) is 0 Å². The number of carbonyl (C=O) groups is 1. The van der Waals surface area contributed by atoms with Crippen molar-refractivity contribution in [2.75, 3.05) is 11.4 Å². The van der Waals surface area contributed by atoms with E-state index in [1.54, 1.807) is 11.7 Å².